The highest BCUT2D eigenvalue weighted by Crippen LogP contribution is 2.30. The summed E-state index contributed by atoms with van der Waals surface area (Å²) in [5.41, 5.74) is 3.39. The van der Waals surface area contributed by atoms with Crippen LogP contribution in [-0.4, -0.2) is 25.2 Å². The summed E-state index contributed by atoms with van der Waals surface area (Å²) in [6.07, 6.45) is -4.46. The van der Waals surface area contributed by atoms with E-state index in [1.807, 2.05) is 11.5 Å². The molecular weight excluding hydrogens is 249 g/mol. The van der Waals surface area contributed by atoms with Gasteiger partial charge >= 0.3 is 6.18 Å². The molecule has 1 unspecified atom stereocenters. The number of carbonyl (C=O) groups is 1. The van der Waals surface area contributed by atoms with Crippen LogP contribution in [0.4, 0.5) is 18.9 Å². The van der Waals surface area contributed by atoms with Crippen molar-refractivity contribution in [3.63, 3.8) is 0 Å². The standard InChI is InChI=1S/C11H11F3N2O2/c12-11(13,14)6-18-16-10(17)8-5-15-9-4-2-1-3-7(8)9/h1-4,8,15H,5-6H2,(H,16,17). The molecule has 0 aromatic heterocycles. The number of para-hydroxylation sites is 1. The van der Waals surface area contributed by atoms with E-state index in [2.05, 4.69) is 10.2 Å². The zero-order valence-electron chi connectivity index (χ0n) is 9.25. The molecule has 1 aromatic carbocycles. The van der Waals surface area contributed by atoms with Crippen LogP contribution in [0.1, 0.15) is 11.5 Å². The maximum atomic E-state index is 11.8. The van der Waals surface area contributed by atoms with Gasteiger partial charge in [0.15, 0.2) is 6.61 Å². The molecule has 1 heterocycles. The molecule has 0 saturated heterocycles. The number of hydrogen-bond acceptors (Lipinski definition) is 3. The normalized spacial score (nSPS) is 18.1. The average molecular weight is 260 g/mol. The second kappa shape index (κ2) is 4.85. The predicted octanol–water partition coefficient (Wildman–Crippen LogP) is 1.81. The van der Waals surface area contributed by atoms with Crippen LogP contribution in [0.3, 0.4) is 0 Å². The average Bonchev–Trinajstić information content (AvgIpc) is 2.70. The number of fused-ring (bicyclic) bond motifs is 1. The maximum Gasteiger partial charge on any atom is 0.414 e. The summed E-state index contributed by atoms with van der Waals surface area (Å²) in [7, 11) is 0. The summed E-state index contributed by atoms with van der Waals surface area (Å²) in [5.74, 6) is -1.12. The molecule has 98 valence electrons. The number of benzene rings is 1. The monoisotopic (exact) mass is 260 g/mol. The highest BCUT2D eigenvalue weighted by atomic mass is 19.4. The second-order valence-electron chi connectivity index (χ2n) is 3.89. The number of rotatable bonds is 3. The van der Waals surface area contributed by atoms with Gasteiger partial charge in [-0.1, -0.05) is 18.2 Å². The van der Waals surface area contributed by atoms with Crippen LogP contribution in [0.5, 0.6) is 0 Å². The number of halogens is 3. The number of nitrogens with one attached hydrogen (secondary N) is 2. The van der Waals surface area contributed by atoms with Gasteiger partial charge in [-0.3, -0.25) is 9.63 Å². The Kier molecular flexibility index (Phi) is 3.42. The van der Waals surface area contributed by atoms with Gasteiger partial charge in [-0.2, -0.15) is 13.2 Å². The van der Waals surface area contributed by atoms with Crippen molar-refractivity contribution in [2.75, 3.05) is 18.5 Å². The molecular formula is C11H11F3N2O2. The minimum Gasteiger partial charge on any atom is -0.384 e. The van der Waals surface area contributed by atoms with E-state index < -0.39 is 24.6 Å². The molecule has 2 rings (SSSR count). The van der Waals surface area contributed by atoms with E-state index in [4.69, 9.17) is 0 Å². The molecule has 7 heteroatoms. The molecule has 2 N–H and O–H groups in total. The molecule has 0 bridgehead atoms. The van der Waals surface area contributed by atoms with Crippen molar-refractivity contribution in [1.29, 1.82) is 0 Å². The molecule has 1 amide bonds. The molecule has 18 heavy (non-hydrogen) atoms. The molecule has 0 fully saturated rings. The van der Waals surface area contributed by atoms with Crippen molar-refractivity contribution >= 4 is 11.6 Å². The van der Waals surface area contributed by atoms with Crippen LogP contribution >= 0.6 is 0 Å². The lowest BCUT2D eigenvalue weighted by molar-refractivity contribution is -0.192. The highest BCUT2D eigenvalue weighted by molar-refractivity contribution is 5.87. The van der Waals surface area contributed by atoms with E-state index in [0.717, 1.165) is 11.3 Å². The highest BCUT2D eigenvalue weighted by Gasteiger charge is 2.31. The summed E-state index contributed by atoms with van der Waals surface area (Å²) in [4.78, 5) is 15.8. The third-order valence-electron chi connectivity index (χ3n) is 2.56. The zero-order chi connectivity index (χ0) is 13.2. The molecule has 1 atom stereocenters. The fourth-order valence-electron chi connectivity index (χ4n) is 1.78. The number of amides is 1. The first-order valence-electron chi connectivity index (χ1n) is 5.28. The first-order chi connectivity index (χ1) is 8.47. The van der Waals surface area contributed by atoms with Crippen molar-refractivity contribution in [1.82, 2.24) is 5.48 Å². The quantitative estimate of drug-likeness (QED) is 0.815. The maximum absolute atomic E-state index is 11.8. The van der Waals surface area contributed by atoms with Crippen LogP contribution in [0.15, 0.2) is 24.3 Å². The van der Waals surface area contributed by atoms with Gasteiger partial charge in [-0.25, -0.2) is 5.48 Å². The SMILES string of the molecule is O=C(NOCC(F)(F)F)C1CNc2ccccc21. The van der Waals surface area contributed by atoms with Crippen LogP contribution in [-0.2, 0) is 9.63 Å². The number of anilines is 1. The Morgan fingerprint density at radius 1 is 1.44 bits per heavy atom. The Bertz CT molecular complexity index is 448. The number of alkyl halides is 3. The summed E-state index contributed by atoms with van der Waals surface area (Å²) in [6.45, 7) is -1.15. The Morgan fingerprint density at radius 3 is 2.89 bits per heavy atom. The smallest absolute Gasteiger partial charge is 0.384 e. The Morgan fingerprint density at radius 2 is 2.17 bits per heavy atom. The zero-order valence-corrected chi connectivity index (χ0v) is 9.25. The van der Waals surface area contributed by atoms with Crippen LogP contribution < -0.4 is 10.8 Å². The Balaban J connectivity index is 1.92. The van der Waals surface area contributed by atoms with Gasteiger partial charge in [0.2, 0.25) is 0 Å². The minimum atomic E-state index is -4.46. The lowest BCUT2D eigenvalue weighted by Crippen LogP contribution is -2.33. The van der Waals surface area contributed by atoms with E-state index in [1.54, 1.807) is 18.2 Å². The first kappa shape index (κ1) is 12.7. The van der Waals surface area contributed by atoms with Gasteiger partial charge in [-0.05, 0) is 11.6 Å². The predicted molar refractivity (Wildman–Crippen MR) is 57.8 cm³/mol. The summed E-state index contributed by atoms with van der Waals surface area (Å²) in [6, 6.07) is 7.14. The van der Waals surface area contributed by atoms with E-state index in [1.165, 1.54) is 0 Å². The van der Waals surface area contributed by atoms with Crippen molar-refractivity contribution in [3.8, 4) is 0 Å². The van der Waals surface area contributed by atoms with Gasteiger partial charge in [0, 0.05) is 12.2 Å². The van der Waals surface area contributed by atoms with Gasteiger partial charge in [0.1, 0.15) is 0 Å². The Hall–Kier alpha value is -1.76. The third-order valence-corrected chi connectivity index (χ3v) is 2.56. The van der Waals surface area contributed by atoms with Crippen molar-refractivity contribution in [3.05, 3.63) is 29.8 Å². The molecule has 0 saturated carbocycles. The molecule has 1 aliphatic rings. The first-order valence-corrected chi connectivity index (χ1v) is 5.28. The van der Waals surface area contributed by atoms with Crippen molar-refractivity contribution in [2.45, 2.75) is 12.1 Å². The topological polar surface area (TPSA) is 50.4 Å². The van der Waals surface area contributed by atoms with Gasteiger partial charge in [-0.15, -0.1) is 0 Å². The molecule has 4 nitrogen and oxygen atoms in total. The number of hydrogen-bond donors (Lipinski definition) is 2. The van der Waals surface area contributed by atoms with Gasteiger partial charge < -0.3 is 5.32 Å². The molecule has 0 aliphatic carbocycles. The summed E-state index contributed by atoms with van der Waals surface area (Å²) >= 11 is 0. The van der Waals surface area contributed by atoms with E-state index in [0.29, 0.717) is 6.54 Å². The summed E-state index contributed by atoms with van der Waals surface area (Å²) < 4.78 is 35.5. The van der Waals surface area contributed by atoms with E-state index in [9.17, 15) is 18.0 Å². The minimum absolute atomic E-state index is 0.348. The lowest BCUT2D eigenvalue weighted by atomic mass is 10.0. The molecule has 0 spiro atoms. The van der Waals surface area contributed by atoms with Crippen LogP contribution in [0, 0.1) is 0 Å². The fraction of sp³-hybridized carbons (Fsp3) is 0.364. The third kappa shape index (κ3) is 2.92. The molecule has 1 aromatic rings. The summed E-state index contributed by atoms with van der Waals surface area (Å²) in [5, 5.41) is 3.00. The fourth-order valence-corrected chi connectivity index (χ4v) is 1.78. The lowest BCUT2D eigenvalue weighted by Gasteiger charge is -2.12. The van der Waals surface area contributed by atoms with Crippen LogP contribution in [0.25, 0.3) is 0 Å². The molecule has 1 aliphatic heterocycles. The molecule has 0 radical (unpaired) electrons. The van der Waals surface area contributed by atoms with Crippen molar-refractivity contribution < 1.29 is 22.8 Å². The number of carbonyl (C=O) groups excluding carboxylic acids is 1. The van der Waals surface area contributed by atoms with Gasteiger partial charge in [0.25, 0.3) is 5.91 Å². The van der Waals surface area contributed by atoms with E-state index in [-0.39, 0.29) is 0 Å². The van der Waals surface area contributed by atoms with Crippen molar-refractivity contribution in [2.24, 2.45) is 0 Å². The van der Waals surface area contributed by atoms with E-state index >= 15 is 0 Å². The van der Waals surface area contributed by atoms with Crippen LogP contribution in [0.2, 0.25) is 0 Å². The Labute approximate surface area is 101 Å². The largest absolute Gasteiger partial charge is 0.414 e. The van der Waals surface area contributed by atoms with Gasteiger partial charge in [0.05, 0.1) is 5.92 Å². The second-order valence-corrected chi connectivity index (χ2v) is 3.89. The number of hydroxylamine groups is 1.